The second kappa shape index (κ2) is 6.77. The summed E-state index contributed by atoms with van der Waals surface area (Å²) < 4.78 is 0. The average molecular weight is 339 g/mol. The lowest BCUT2D eigenvalue weighted by molar-refractivity contribution is 0.102. The number of benzene rings is 1. The number of fused-ring (bicyclic) bond motifs is 1. The summed E-state index contributed by atoms with van der Waals surface area (Å²) in [6.07, 6.45) is 2.76. The van der Waals surface area contributed by atoms with E-state index >= 15 is 0 Å². The molecule has 2 aromatic heterocycles. The van der Waals surface area contributed by atoms with Crippen LogP contribution in [0.4, 0.5) is 0 Å². The second-order valence-electron chi connectivity index (χ2n) is 5.91. The van der Waals surface area contributed by atoms with E-state index in [1.807, 2.05) is 39.1 Å². The van der Waals surface area contributed by atoms with Crippen LogP contribution in [0.25, 0.3) is 10.9 Å². The number of aromatic nitrogens is 3. The molecule has 5 heteroatoms. The Hall–Kier alpha value is -2.14. The van der Waals surface area contributed by atoms with Gasteiger partial charge in [-0.05, 0) is 38.3 Å². The van der Waals surface area contributed by atoms with Crippen molar-refractivity contribution >= 4 is 28.4 Å². The fourth-order valence-electron chi connectivity index (χ4n) is 2.76. The standard InChI is InChI=1S/C19H21N3OS/c1-5-14-7-6-8-15-16(9-20-18(14)15)17(23)10-24-19-21-12(3)11(2)13(4)22-19/h6-9,20H,5,10H2,1-4H3. The van der Waals surface area contributed by atoms with E-state index in [9.17, 15) is 4.79 Å². The first-order valence-electron chi connectivity index (χ1n) is 8.08. The quantitative estimate of drug-likeness (QED) is 0.425. The van der Waals surface area contributed by atoms with Crippen molar-refractivity contribution in [3.8, 4) is 0 Å². The lowest BCUT2D eigenvalue weighted by Gasteiger charge is -2.06. The highest BCUT2D eigenvalue weighted by atomic mass is 32.2. The predicted octanol–water partition coefficient (Wildman–Crippen LogP) is 4.42. The maximum atomic E-state index is 12.6. The molecule has 24 heavy (non-hydrogen) atoms. The minimum atomic E-state index is 0.0963. The van der Waals surface area contributed by atoms with Crippen LogP contribution in [-0.2, 0) is 6.42 Å². The molecule has 0 aliphatic carbocycles. The Labute approximate surface area is 146 Å². The van der Waals surface area contributed by atoms with E-state index < -0.39 is 0 Å². The molecule has 0 amide bonds. The highest BCUT2D eigenvalue weighted by Crippen LogP contribution is 2.25. The van der Waals surface area contributed by atoms with E-state index in [-0.39, 0.29) is 5.78 Å². The molecule has 0 saturated heterocycles. The number of nitrogens with one attached hydrogen (secondary N) is 1. The van der Waals surface area contributed by atoms with Gasteiger partial charge in [-0.1, -0.05) is 36.9 Å². The van der Waals surface area contributed by atoms with Crippen molar-refractivity contribution in [2.75, 3.05) is 5.75 Å². The molecule has 4 nitrogen and oxygen atoms in total. The van der Waals surface area contributed by atoms with Gasteiger partial charge in [0.2, 0.25) is 0 Å². The fourth-order valence-corrected chi connectivity index (χ4v) is 3.57. The van der Waals surface area contributed by atoms with E-state index in [1.165, 1.54) is 17.3 Å². The third kappa shape index (κ3) is 3.08. The number of para-hydroxylation sites is 1. The van der Waals surface area contributed by atoms with Crippen molar-refractivity contribution in [1.82, 2.24) is 15.0 Å². The highest BCUT2D eigenvalue weighted by molar-refractivity contribution is 7.99. The molecule has 0 aliphatic rings. The minimum Gasteiger partial charge on any atom is -0.360 e. The molecule has 2 heterocycles. The van der Waals surface area contributed by atoms with Gasteiger partial charge in [0, 0.05) is 34.1 Å². The van der Waals surface area contributed by atoms with Crippen LogP contribution in [0.1, 0.15) is 39.8 Å². The molecular formula is C19H21N3OS. The first-order valence-corrected chi connectivity index (χ1v) is 9.06. The summed E-state index contributed by atoms with van der Waals surface area (Å²) in [5.41, 5.74) is 6.08. The minimum absolute atomic E-state index is 0.0963. The molecule has 124 valence electrons. The first kappa shape index (κ1) is 16.7. The van der Waals surface area contributed by atoms with Gasteiger partial charge in [0.25, 0.3) is 0 Å². The number of H-pyrrole nitrogens is 1. The predicted molar refractivity (Wildman–Crippen MR) is 99.0 cm³/mol. The number of hydrogen-bond donors (Lipinski definition) is 1. The molecule has 0 radical (unpaired) electrons. The smallest absolute Gasteiger partial charge is 0.188 e. The van der Waals surface area contributed by atoms with E-state index in [0.717, 1.165) is 39.8 Å². The van der Waals surface area contributed by atoms with Gasteiger partial charge in [-0.15, -0.1) is 0 Å². The van der Waals surface area contributed by atoms with Crippen LogP contribution in [0.5, 0.6) is 0 Å². The van der Waals surface area contributed by atoms with Crippen molar-refractivity contribution < 1.29 is 4.79 Å². The average Bonchev–Trinajstić information content (AvgIpc) is 3.01. The number of rotatable bonds is 5. The Morgan fingerprint density at radius 1 is 1.17 bits per heavy atom. The molecule has 1 N–H and O–H groups in total. The highest BCUT2D eigenvalue weighted by Gasteiger charge is 2.15. The summed E-state index contributed by atoms with van der Waals surface area (Å²) in [6, 6.07) is 6.10. The molecule has 3 rings (SSSR count). The molecule has 0 aliphatic heterocycles. The van der Waals surface area contributed by atoms with Crippen LogP contribution in [0.15, 0.2) is 29.6 Å². The molecule has 1 aromatic carbocycles. The van der Waals surface area contributed by atoms with Gasteiger partial charge < -0.3 is 4.98 Å². The second-order valence-corrected chi connectivity index (χ2v) is 6.85. The van der Waals surface area contributed by atoms with E-state index in [4.69, 9.17) is 0 Å². The maximum absolute atomic E-state index is 12.6. The van der Waals surface area contributed by atoms with E-state index in [2.05, 4.69) is 27.9 Å². The van der Waals surface area contributed by atoms with Crippen molar-refractivity contribution in [2.45, 2.75) is 39.3 Å². The molecular weight excluding hydrogens is 318 g/mol. The number of carbonyl (C=O) groups is 1. The van der Waals surface area contributed by atoms with Crippen LogP contribution in [0, 0.1) is 20.8 Å². The summed E-state index contributed by atoms with van der Waals surface area (Å²) in [4.78, 5) is 24.8. The van der Waals surface area contributed by atoms with Crippen molar-refractivity contribution in [3.63, 3.8) is 0 Å². The van der Waals surface area contributed by atoms with Gasteiger partial charge in [-0.2, -0.15) is 0 Å². The normalized spacial score (nSPS) is 11.2. The first-order chi connectivity index (χ1) is 11.5. The van der Waals surface area contributed by atoms with Gasteiger partial charge in [-0.25, -0.2) is 9.97 Å². The molecule has 0 spiro atoms. The molecule has 0 bridgehead atoms. The third-order valence-electron chi connectivity index (χ3n) is 4.43. The Kier molecular flexibility index (Phi) is 4.71. The van der Waals surface area contributed by atoms with Crippen molar-refractivity contribution in [1.29, 1.82) is 0 Å². The van der Waals surface area contributed by atoms with Gasteiger partial charge >= 0.3 is 0 Å². The monoisotopic (exact) mass is 339 g/mol. The number of aryl methyl sites for hydroxylation is 3. The van der Waals surface area contributed by atoms with Crippen LogP contribution in [0.2, 0.25) is 0 Å². The number of thioether (sulfide) groups is 1. The Morgan fingerprint density at radius 2 is 1.88 bits per heavy atom. The molecule has 0 atom stereocenters. The zero-order valence-corrected chi connectivity index (χ0v) is 15.3. The Morgan fingerprint density at radius 3 is 2.54 bits per heavy atom. The van der Waals surface area contributed by atoms with Gasteiger partial charge in [0.1, 0.15) is 0 Å². The Bertz CT molecular complexity index is 891. The summed E-state index contributed by atoms with van der Waals surface area (Å²) >= 11 is 1.40. The largest absolute Gasteiger partial charge is 0.360 e. The summed E-state index contributed by atoms with van der Waals surface area (Å²) in [5, 5.41) is 1.66. The third-order valence-corrected chi connectivity index (χ3v) is 5.27. The van der Waals surface area contributed by atoms with E-state index in [1.54, 1.807) is 0 Å². The van der Waals surface area contributed by atoms with Gasteiger partial charge in [0.05, 0.1) is 5.75 Å². The SMILES string of the molecule is CCc1cccc2c(C(=O)CSc3nc(C)c(C)c(C)n3)c[nH]c12. The fraction of sp³-hybridized carbons (Fsp3) is 0.316. The number of aromatic amines is 1. The van der Waals surface area contributed by atoms with Crippen molar-refractivity contribution in [3.05, 3.63) is 52.5 Å². The van der Waals surface area contributed by atoms with E-state index in [0.29, 0.717) is 10.9 Å². The van der Waals surface area contributed by atoms with Crippen LogP contribution < -0.4 is 0 Å². The number of ketones is 1. The zero-order chi connectivity index (χ0) is 17.3. The van der Waals surface area contributed by atoms with Crippen molar-refractivity contribution in [2.24, 2.45) is 0 Å². The van der Waals surface area contributed by atoms with Gasteiger partial charge in [0.15, 0.2) is 10.9 Å². The van der Waals surface area contributed by atoms with Gasteiger partial charge in [-0.3, -0.25) is 4.79 Å². The number of Topliss-reactive ketones (excluding diaryl/α,β-unsaturated/α-hetero) is 1. The number of hydrogen-bond acceptors (Lipinski definition) is 4. The summed E-state index contributed by atoms with van der Waals surface area (Å²) in [6.45, 7) is 8.08. The number of nitrogens with zero attached hydrogens (tertiary/aromatic N) is 2. The topological polar surface area (TPSA) is 58.6 Å². The lowest BCUT2D eigenvalue weighted by atomic mass is 10.1. The molecule has 3 aromatic rings. The van der Waals surface area contributed by atoms with Crippen LogP contribution in [-0.4, -0.2) is 26.5 Å². The van der Waals surface area contributed by atoms with Crippen LogP contribution >= 0.6 is 11.8 Å². The Balaban J connectivity index is 1.81. The maximum Gasteiger partial charge on any atom is 0.188 e. The van der Waals surface area contributed by atoms with Crippen LogP contribution in [0.3, 0.4) is 0 Å². The molecule has 0 unspecified atom stereocenters. The summed E-state index contributed by atoms with van der Waals surface area (Å²) in [7, 11) is 0. The number of carbonyl (C=O) groups excluding carboxylic acids is 1. The summed E-state index contributed by atoms with van der Waals surface area (Å²) in [5.74, 6) is 0.435. The molecule has 0 fully saturated rings. The zero-order valence-electron chi connectivity index (χ0n) is 14.4. The lowest BCUT2D eigenvalue weighted by Crippen LogP contribution is -2.04. The molecule has 0 saturated carbocycles.